The van der Waals surface area contributed by atoms with E-state index in [9.17, 15) is 9.59 Å². The number of carbonyl (C=O) groups is 2. The molecule has 0 spiro atoms. The van der Waals surface area contributed by atoms with Crippen LogP contribution in [0.3, 0.4) is 0 Å². The SMILES string of the molecule is COC(=O)C=CC#CC#CCCCC(=O)OC. The van der Waals surface area contributed by atoms with E-state index in [0.29, 0.717) is 19.3 Å². The number of esters is 2. The van der Waals surface area contributed by atoms with Crippen molar-refractivity contribution in [3.05, 3.63) is 12.2 Å². The van der Waals surface area contributed by atoms with Gasteiger partial charge in [0.25, 0.3) is 0 Å². The molecular formula is C13H14O4. The first kappa shape index (κ1) is 14.8. The van der Waals surface area contributed by atoms with E-state index < -0.39 is 5.97 Å². The standard InChI is InChI=1S/C13H14O4/c1-16-12(14)10-8-6-4-3-5-7-9-11-13(15)17-2/h9,11H,6,8,10H2,1-2H3. The lowest BCUT2D eigenvalue weighted by Crippen LogP contribution is -1.98. The van der Waals surface area contributed by atoms with Crippen molar-refractivity contribution in [3.63, 3.8) is 0 Å². The summed E-state index contributed by atoms with van der Waals surface area (Å²) >= 11 is 0. The van der Waals surface area contributed by atoms with E-state index in [1.807, 2.05) is 0 Å². The molecule has 0 atom stereocenters. The van der Waals surface area contributed by atoms with Gasteiger partial charge in [-0.2, -0.15) is 0 Å². The Balaban J connectivity index is 3.75. The lowest BCUT2D eigenvalue weighted by atomic mass is 10.2. The number of carbonyl (C=O) groups excluding carboxylic acids is 2. The van der Waals surface area contributed by atoms with Gasteiger partial charge in [-0.1, -0.05) is 11.8 Å². The second kappa shape index (κ2) is 10.3. The lowest BCUT2D eigenvalue weighted by Gasteiger charge is -1.93. The molecule has 0 heterocycles. The number of allylic oxidation sites excluding steroid dienone is 1. The Labute approximate surface area is 101 Å². The van der Waals surface area contributed by atoms with Crippen LogP contribution in [0.15, 0.2) is 12.2 Å². The Hall–Kier alpha value is -2.20. The predicted molar refractivity (Wildman–Crippen MR) is 62.6 cm³/mol. The minimum Gasteiger partial charge on any atom is -0.469 e. The van der Waals surface area contributed by atoms with Crippen LogP contribution in [0.25, 0.3) is 0 Å². The van der Waals surface area contributed by atoms with Crippen LogP contribution in [0.2, 0.25) is 0 Å². The molecule has 0 aliphatic carbocycles. The van der Waals surface area contributed by atoms with Crippen molar-refractivity contribution < 1.29 is 19.1 Å². The van der Waals surface area contributed by atoms with Gasteiger partial charge in [-0.3, -0.25) is 4.79 Å². The van der Waals surface area contributed by atoms with E-state index in [1.54, 1.807) is 0 Å². The van der Waals surface area contributed by atoms with Gasteiger partial charge in [0.15, 0.2) is 0 Å². The van der Waals surface area contributed by atoms with Crippen LogP contribution in [-0.4, -0.2) is 26.2 Å². The highest BCUT2D eigenvalue weighted by molar-refractivity contribution is 5.82. The highest BCUT2D eigenvalue weighted by atomic mass is 16.5. The molecule has 0 N–H and O–H groups in total. The Kier molecular flexibility index (Phi) is 8.99. The summed E-state index contributed by atoms with van der Waals surface area (Å²) in [7, 11) is 2.65. The Morgan fingerprint density at radius 2 is 1.94 bits per heavy atom. The number of methoxy groups -OCH3 is 2. The number of hydrogen-bond acceptors (Lipinski definition) is 4. The summed E-state index contributed by atoms with van der Waals surface area (Å²) < 4.78 is 8.84. The Morgan fingerprint density at radius 1 is 1.18 bits per heavy atom. The van der Waals surface area contributed by atoms with E-state index >= 15 is 0 Å². The molecular weight excluding hydrogens is 220 g/mol. The summed E-state index contributed by atoms with van der Waals surface area (Å²) in [5.41, 5.74) is 0. The highest BCUT2D eigenvalue weighted by Crippen LogP contribution is 1.94. The largest absolute Gasteiger partial charge is 0.469 e. The number of rotatable bonds is 4. The monoisotopic (exact) mass is 234 g/mol. The lowest BCUT2D eigenvalue weighted by molar-refractivity contribution is -0.140. The molecule has 17 heavy (non-hydrogen) atoms. The average Bonchev–Trinajstić information content (AvgIpc) is 2.35. The molecule has 4 nitrogen and oxygen atoms in total. The van der Waals surface area contributed by atoms with Gasteiger partial charge in [0.05, 0.1) is 14.2 Å². The van der Waals surface area contributed by atoms with Crippen molar-refractivity contribution in [1.82, 2.24) is 0 Å². The van der Waals surface area contributed by atoms with Gasteiger partial charge in [-0.05, 0) is 24.3 Å². The zero-order valence-electron chi connectivity index (χ0n) is 9.91. The molecule has 0 radical (unpaired) electrons. The van der Waals surface area contributed by atoms with Crippen LogP contribution in [0.1, 0.15) is 19.3 Å². The van der Waals surface area contributed by atoms with Crippen LogP contribution in [0.4, 0.5) is 0 Å². The third kappa shape index (κ3) is 10.1. The summed E-state index contributed by atoms with van der Waals surface area (Å²) in [6, 6.07) is 0. The van der Waals surface area contributed by atoms with Crippen molar-refractivity contribution in [3.8, 4) is 23.7 Å². The van der Waals surface area contributed by atoms with Gasteiger partial charge in [0.2, 0.25) is 0 Å². The average molecular weight is 234 g/mol. The molecule has 0 bridgehead atoms. The van der Waals surface area contributed by atoms with Crippen LogP contribution >= 0.6 is 0 Å². The summed E-state index contributed by atoms with van der Waals surface area (Å²) in [4.78, 5) is 21.3. The molecule has 0 aromatic heterocycles. The predicted octanol–water partition coefficient (Wildman–Crippen LogP) is 1.07. The normalized spacial score (nSPS) is 8.59. The highest BCUT2D eigenvalue weighted by Gasteiger charge is 1.96. The summed E-state index contributed by atoms with van der Waals surface area (Å²) in [6.45, 7) is 0. The quantitative estimate of drug-likeness (QED) is 0.316. The number of unbranched alkanes of at least 4 members (excludes halogenated alkanes) is 1. The van der Waals surface area contributed by atoms with Crippen molar-refractivity contribution >= 4 is 11.9 Å². The maximum atomic E-state index is 10.7. The molecule has 0 fully saturated rings. The first-order chi connectivity index (χ1) is 8.20. The first-order valence-corrected chi connectivity index (χ1v) is 5.00. The maximum absolute atomic E-state index is 10.7. The molecule has 4 heteroatoms. The topological polar surface area (TPSA) is 52.6 Å². The molecule has 0 saturated heterocycles. The fraction of sp³-hybridized carbons (Fsp3) is 0.385. The van der Waals surface area contributed by atoms with Gasteiger partial charge >= 0.3 is 11.9 Å². The molecule has 0 aromatic rings. The minimum atomic E-state index is -0.453. The maximum Gasteiger partial charge on any atom is 0.331 e. The van der Waals surface area contributed by atoms with E-state index in [2.05, 4.69) is 33.2 Å². The number of hydrogen-bond donors (Lipinski definition) is 0. The smallest absolute Gasteiger partial charge is 0.331 e. The van der Waals surface area contributed by atoms with Crippen molar-refractivity contribution in [2.24, 2.45) is 0 Å². The Morgan fingerprint density at radius 3 is 2.59 bits per heavy atom. The second-order valence-electron chi connectivity index (χ2n) is 2.86. The molecule has 0 rings (SSSR count). The summed E-state index contributed by atoms with van der Waals surface area (Å²) in [6.07, 6.45) is 4.19. The van der Waals surface area contributed by atoms with Gasteiger partial charge in [0.1, 0.15) is 0 Å². The van der Waals surface area contributed by atoms with E-state index in [4.69, 9.17) is 0 Å². The van der Waals surface area contributed by atoms with Gasteiger partial charge in [0, 0.05) is 18.9 Å². The third-order valence-corrected chi connectivity index (χ3v) is 1.64. The third-order valence-electron chi connectivity index (χ3n) is 1.64. The van der Waals surface area contributed by atoms with Crippen molar-refractivity contribution in [2.75, 3.05) is 14.2 Å². The molecule has 0 aliphatic rings. The van der Waals surface area contributed by atoms with Crippen LogP contribution < -0.4 is 0 Å². The van der Waals surface area contributed by atoms with Gasteiger partial charge in [-0.15, -0.1) is 0 Å². The van der Waals surface area contributed by atoms with Gasteiger partial charge in [-0.25, -0.2) is 4.79 Å². The van der Waals surface area contributed by atoms with Crippen molar-refractivity contribution in [1.29, 1.82) is 0 Å². The fourth-order valence-corrected chi connectivity index (χ4v) is 0.785. The zero-order chi connectivity index (χ0) is 12.9. The van der Waals surface area contributed by atoms with Gasteiger partial charge < -0.3 is 9.47 Å². The second-order valence-corrected chi connectivity index (χ2v) is 2.86. The first-order valence-electron chi connectivity index (χ1n) is 5.00. The van der Waals surface area contributed by atoms with Crippen molar-refractivity contribution in [2.45, 2.75) is 19.3 Å². The van der Waals surface area contributed by atoms with Crippen LogP contribution in [0, 0.1) is 23.7 Å². The molecule has 0 amide bonds. The molecule has 0 saturated carbocycles. The summed E-state index contributed by atoms with van der Waals surface area (Å²) in [5.74, 6) is 9.81. The Bertz CT molecular complexity index is 399. The van der Waals surface area contributed by atoms with E-state index in [0.717, 1.165) is 0 Å². The van der Waals surface area contributed by atoms with E-state index in [-0.39, 0.29) is 5.97 Å². The van der Waals surface area contributed by atoms with Crippen LogP contribution in [0.5, 0.6) is 0 Å². The molecule has 0 unspecified atom stereocenters. The van der Waals surface area contributed by atoms with Crippen LogP contribution in [-0.2, 0) is 19.1 Å². The fourth-order valence-electron chi connectivity index (χ4n) is 0.785. The minimum absolute atomic E-state index is 0.237. The molecule has 0 aromatic carbocycles. The zero-order valence-corrected chi connectivity index (χ0v) is 9.91. The van der Waals surface area contributed by atoms with E-state index in [1.165, 1.54) is 26.4 Å². The molecule has 0 aliphatic heterocycles. The summed E-state index contributed by atoms with van der Waals surface area (Å²) in [5, 5.41) is 0. The number of ether oxygens (including phenoxy) is 2. The molecule has 90 valence electrons.